The van der Waals surface area contributed by atoms with Gasteiger partial charge in [-0.05, 0) is 29.9 Å². The molecular weight excluding hydrogens is 236 g/mol. The SMILES string of the molecule is CC(C)(C)CC(N)CC(=O)N1CCc2ccccc21. The summed E-state index contributed by atoms with van der Waals surface area (Å²) in [5.74, 6) is 0.154. The lowest BCUT2D eigenvalue weighted by molar-refractivity contribution is -0.118. The second kappa shape index (κ2) is 5.33. The maximum absolute atomic E-state index is 12.4. The summed E-state index contributed by atoms with van der Waals surface area (Å²) < 4.78 is 0. The maximum Gasteiger partial charge on any atom is 0.228 e. The molecule has 1 atom stereocenters. The first-order chi connectivity index (χ1) is 8.87. The molecule has 1 aromatic carbocycles. The number of hydrogen-bond donors (Lipinski definition) is 1. The van der Waals surface area contributed by atoms with E-state index < -0.39 is 0 Å². The lowest BCUT2D eigenvalue weighted by atomic mass is 9.87. The highest BCUT2D eigenvalue weighted by Gasteiger charge is 2.26. The van der Waals surface area contributed by atoms with Crippen LogP contribution in [0.2, 0.25) is 0 Å². The summed E-state index contributed by atoms with van der Waals surface area (Å²) in [6, 6.07) is 8.07. The average molecular weight is 260 g/mol. The van der Waals surface area contributed by atoms with Gasteiger partial charge in [-0.2, -0.15) is 0 Å². The Hall–Kier alpha value is -1.35. The molecule has 104 valence electrons. The van der Waals surface area contributed by atoms with Crippen molar-refractivity contribution in [3.05, 3.63) is 29.8 Å². The molecule has 1 aromatic rings. The Morgan fingerprint density at radius 2 is 2.05 bits per heavy atom. The van der Waals surface area contributed by atoms with Crippen LogP contribution in [0.5, 0.6) is 0 Å². The smallest absolute Gasteiger partial charge is 0.228 e. The predicted molar refractivity (Wildman–Crippen MR) is 79.2 cm³/mol. The fourth-order valence-electron chi connectivity index (χ4n) is 2.79. The third-order valence-electron chi connectivity index (χ3n) is 3.50. The first kappa shape index (κ1) is 14.1. The van der Waals surface area contributed by atoms with Crippen LogP contribution in [-0.4, -0.2) is 18.5 Å². The van der Waals surface area contributed by atoms with Gasteiger partial charge in [0.1, 0.15) is 0 Å². The van der Waals surface area contributed by atoms with E-state index in [4.69, 9.17) is 5.73 Å². The van der Waals surface area contributed by atoms with Gasteiger partial charge in [-0.3, -0.25) is 4.79 Å². The Bertz CT molecular complexity index is 462. The van der Waals surface area contributed by atoms with E-state index in [-0.39, 0.29) is 17.4 Å². The minimum Gasteiger partial charge on any atom is -0.327 e. The number of anilines is 1. The molecule has 2 N–H and O–H groups in total. The fourth-order valence-corrected chi connectivity index (χ4v) is 2.79. The number of nitrogens with two attached hydrogens (primary N) is 1. The molecule has 0 saturated carbocycles. The van der Waals surface area contributed by atoms with Gasteiger partial charge in [-0.25, -0.2) is 0 Å². The lowest BCUT2D eigenvalue weighted by Gasteiger charge is -2.25. The van der Waals surface area contributed by atoms with Gasteiger partial charge in [0.2, 0.25) is 5.91 Å². The van der Waals surface area contributed by atoms with E-state index in [1.54, 1.807) is 0 Å². The van der Waals surface area contributed by atoms with Crippen LogP contribution < -0.4 is 10.6 Å². The summed E-state index contributed by atoms with van der Waals surface area (Å²) in [4.78, 5) is 14.2. The van der Waals surface area contributed by atoms with Gasteiger partial charge in [0, 0.05) is 24.7 Å². The minimum atomic E-state index is -0.0553. The molecule has 0 aromatic heterocycles. The van der Waals surface area contributed by atoms with Crippen LogP contribution in [0.15, 0.2) is 24.3 Å². The van der Waals surface area contributed by atoms with E-state index >= 15 is 0 Å². The van der Waals surface area contributed by atoms with Crippen molar-refractivity contribution in [1.82, 2.24) is 0 Å². The van der Waals surface area contributed by atoms with Crippen LogP contribution in [0.1, 0.15) is 39.2 Å². The summed E-state index contributed by atoms with van der Waals surface area (Å²) >= 11 is 0. The number of rotatable bonds is 3. The normalized spacial score (nSPS) is 16.3. The Morgan fingerprint density at radius 3 is 2.74 bits per heavy atom. The van der Waals surface area contributed by atoms with Gasteiger partial charge in [0.25, 0.3) is 0 Å². The van der Waals surface area contributed by atoms with Crippen LogP contribution in [0.4, 0.5) is 5.69 Å². The second-order valence-corrected chi connectivity index (χ2v) is 6.65. The summed E-state index contributed by atoms with van der Waals surface area (Å²) in [5, 5.41) is 0. The number of benzene rings is 1. The molecular formula is C16H24N2O. The number of carbonyl (C=O) groups is 1. The maximum atomic E-state index is 12.4. The van der Waals surface area contributed by atoms with Gasteiger partial charge < -0.3 is 10.6 Å². The monoisotopic (exact) mass is 260 g/mol. The summed E-state index contributed by atoms with van der Waals surface area (Å²) in [5.41, 5.74) is 8.60. The number of nitrogens with zero attached hydrogens (tertiary/aromatic N) is 1. The molecule has 3 heteroatoms. The molecule has 1 heterocycles. The largest absolute Gasteiger partial charge is 0.327 e. The Kier molecular flexibility index (Phi) is 3.95. The van der Waals surface area contributed by atoms with Crippen molar-refractivity contribution >= 4 is 11.6 Å². The van der Waals surface area contributed by atoms with E-state index in [1.807, 2.05) is 23.1 Å². The summed E-state index contributed by atoms with van der Waals surface area (Å²) in [7, 11) is 0. The molecule has 1 aliphatic heterocycles. The van der Waals surface area contributed by atoms with Crippen molar-refractivity contribution in [3.63, 3.8) is 0 Å². The number of hydrogen-bond acceptors (Lipinski definition) is 2. The van der Waals surface area contributed by atoms with Gasteiger partial charge in [-0.15, -0.1) is 0 Å². The molecule has 1 unspecified atom stereocenters. The topological polar surface area (TPSA) is 46.3 Å². The zero-order valence-corrected chi connectivity index (χ0v) is 12.1. The molecule has 0 bridgehead atoms. The highest BCUT2D eigenvalue weighted by molar-refractivity contribution is 5.95. The summed E-state index contributed by atoms with van der Waals surface area (Å²) in [6.07, 6.45) is 2.26. The first-order valence-electron chi connectivity index (χ1n) is 7.01. The quantitative estimate of drug-likeness (QED) is 0.908. The molecule has 0 aliphatic carbocycles. The number of carbonyl (C=O) groups excluding carboxylic acids is 1. The predicted octanol–water partition coefficient (Wildman–Crippen LogP) is 2.73. The molecule has 3 nitrogen and oxygen atoms in total. The zero-order valence-electron chi connectivity index (χ0n) is 12.1. The van der Waals surface area contributed by atoms with E-state index in [0.717, 1.165) is 25.1 Å². The highest BCUT2D eigenvalue weighted by Crippen LogP contribution is 2.29. The third kappa shape index (κ3) is 3.57. The molecule has 1 amide bonds. The molecule has 0 spiro atoms. The van der Waals surface area contributed by atoms with Crippen molar-refractivity contribution in [2.45, 2.75) is 46.1 Å². The second-order valence-electron chi connectivity index (χ2n) is 6.65. The Labute approximate surface area is 115 Å². The number of amides is 1. The van der Waals surface area contributed by atoms with Crippen LogP contribution in [0.3, 0.4) is 0 Å². The Balaban J connectivity index is 1.99. The van der Waals surface area contributed by atoms with Crippen molar-refractivity contribution < 1.29 is 4.79 Å². The van der Waals surface area contributed by atoms with Gasteiger partial charge >= 0.3 is 0 Å². The molecule has 0 radical (unpaired) electrons. The van der Waals surface area contributed by atoms with Crippen molar-refractivity contribution in [2.75, 3.05) is 11.4 Å². The minimum absolute atomic E-state index is 0.0553. The van der Waals surface area contributed by atoms with E-state index in [2.05, 4.69) is 26.8 Å². The third-order valence-corrected chi connectivity index (χ3v) is 3.50. The van der Waals surface area contributed by atoms with Crippen molar-refractivity contribution in [3.8, 4) is 0 Å². The molecule has 0 saturated heterocycles. The van der Waals surface area contributed by atoms with Gasteiger partial charge in [-0.1, -0.05) is 39.0 Å². The number of para-hydroxylation sites is 1. The van der Waals surface area contributed by atoms with E-state index in [9.17, 15) is 4.79 Å². The lowest BCUT2D eigenvalue weighted by Crippen LogP contribution is -2.36. The molecule has 1 aliphatic rings. The Morgan fingerprint density at radius 1 is 1.37 bits per heavy atom. The van der Waals surface area contributed by atoms with Crippen LogP contribution in [0.25, 0.3) is 0 Å². The van der Waals surface area contributed by atoms with Crippen LogP contribution in [0, 0.1) is 5.41 Å². The molecule has 2 rings (SSSR count). The molecule has 0 fully saturated rings. The van der Waals surface area contributed by atoms with Crippen molar-refractivity contribution in [2.24, 2.45) is 11.1 Å². The molecule has 19 heavy (non-hydrogen) atoms. The standard InChI is InChI=1S/C16H24N2O/c1-16(2,3)11-13(17)10-15(19)18-9-8-12-6-4-5-7-14(12)18/h4-7,13H,8-11,17H2,1-3H3. The average Bonchev–Trinajstić information content (AvgIpc) is 2.69. The number of fused-ring (bicyclic) bond motifs is 1. The fraction of sp³-hybridized carbons (Fsp3) is 0.562. The van der Waals surface area contributed by atoms with Crippen molar-refractivity contribution in [1.29, 1.82) is 0 Å². The van der Waals surface area contributed by atoms with E-state index in [0.29, 0.717) is 6.42 Å². The highest BCUT2D eigenvalue weighted by atomic mass is 16.2. The van der Waals surface area contributed by atoms with Crippen LogP contribution in [-0.2, 0) is 11.2 Å². The zero-order chi connectivity index (χ0) is 14.0. The van der Waals surface area contributed by atoms with Crippen LogP contribution >= 0.6 is 0 Å². The van der Waals surface area contributed by atoms with Gasteiger partial charge in [0.15, 0.2) is 0 Å². The van der Waals surface area contributed by atoms with E-state index in [1.165, 1.54) is 5.56 Å². The summed E-state index contributed by atoms with van der Waals surface area (Å²) in [6.45, 7) is 7.26. The first-order valence-corrected chi connectivity index (χ1v) is 7.01. The van der Waals surface area contributed by atoms with Gasteiger partial charge in [0.05, 0.1) is 0 Å².